The van der Waals surface area contributed by atoms with Gasteiger partial charge in [0.05, 0.1) is 13.7 Å². The molecule has 2 atom stereocenters. The number of ether oxygens (including phenoxy) is 2. The Morgan fingerprint density at radius 1 is 1.20 bits per heavy atom. The minimum Gasteiger partial charge on any atom is -0.497 e. The summed E-state index contributed by atoms with van der Waals surface area (Å²) in [6, 6.07) is 13.7. The lowest BCUT2D eigenvalue weighted by Crippen LogP contribution is -2.44. The highest BCUT2D eigenvalue weighted by Crippen LogP contribution is 2.24. The van der Waals surface area contributed by atoms with Crippen LogP contribution in [0.5, 0.6) is 11.5 Å². The van der Waals surface area contributed by atoms with Crippen molar-refractivity contribution in [3.05, 3.63) is 59.7 Å². The zero-order valence-corrected chi connectivity index (χ0v) is 17.1. The lowest BCUT2D eigenvalue weighted by Gasteiger charge is -2.22. The van der Waals surface area contributed by atoms with E-state index in [1.54, 1.807) is 31.4 Å². The number of hydrogen-bond donors (Lipinski definition) is 3. The first-order chi connectivity index (χ1) is 14.4. The van der Waals surface area contributed by atoms with Crippen molar-refractivity contribution in [1.29, 1.82) is 5.41 Å². The number of carbonyl (C=O) groups is 2. The quantitative estimate of drug-likeness (QED) is 0.474. The molecule has 30 heavy (non-hydrogen) atoms. The van der Waals surface area contributed by atoms with Gasteiger partial charge in [0, 0.05) is 25.5 Å². The van der Waals surface area contributed by atoms with E-state index in [0.29, 0.717) is 30.8 Å². The number of carbonyl (C=O) groups excluding carboxylic acids is 2. The molecule has 2 unspecified atom stereocenters. The van der Waals surface area contributed by atoms with Crippen LogP contribution in [-0.2, 0) is 16.1 Å². The molecular weight excluding hydrogens is 384 g/mol. The summed E-state index contributed by atoms with van der Waals surface area (Å²) in [4.78, 5) is 26.4. The summed E-state index contributed by atoms with van der Waals surface area (Å²) >= 11 is 0. The number of methoxy groups -OCH3 is 1. The maximum atomic E-state index is 12.8. The van der Waals surface area contributed by atoms with Gasteiger partial charge in [-0.15, -0.1) is 0 Å². The standard InChI is InChI=1S/C22H26N4O4/c1-14(27)26-13-19(30-18-5-3-4-16(10-18)21(23)24)11-20(26)22(28)25-12-15-6-8-17(29-2)9-7-15/h3-10,19-20H,11-13H2,1-2H3,(H3,23,24)(H,25,28). The van der Waals surface area contributed by atoms with Crippen molar-refractivity contribution in [2.24, 2.45) is 5.73 Å². The van der Waals surface area contributed by atoms with Crippen LogP contribution in [0.25, 0.3) is 0 Å². The molecule has 8 nitrogen and oxygen atoms in total. The molecule has 0 aromatic heterocycles. The molecule has 0 aliphatic carbocycles. The lowest BCUT2D eigenvalue weighted by atomic mass is 10.1. The molecule has 0 bridgehead atoms. The Bertz CT molecular complexity index is 929. The average Bonchev–Trinajstić information content (AvgIpc) is 3.17. The first-order valence-electron chi connectivity index (χ1n) is 9.66. The zero-order chi connectivity index (χ0) is 21.7. The van der Waals surface area contributed by atoms with Crippen molar-refractivity contribution in [3.63, 3.8) is 0 Å². The molecule has 2 aromatic rings. The lowest BCUT2D eigenvalue weighted by molar-refractivity contribution is -0.137. The van der Waals surface area contributed by atoms with Gasteiger partial charge in [0.25, 0.3) is 0 Å². The van der Waals surface area contributed by atoms with E-state index in [4.69, 9.17) is 20.6 Å². The zero-order valence-electron chi connectivity index (χ0n) is 17.1. The van der Waals surface area contributed by atoms with Gasteiger partial charge in [0.2, 0.25) is 11.8 Å². The Morgan fingerprint density at radius 3 is 2.57 bits per heavy atom. The van der Waals surface area contributed by atoms with E-state index in [-0.39, 0.29) is 23.8 Å². The normalized spacial score (nSPS) is 18.0. The number of nitrogen functional groups attached to an aromatic ring is 1. The Hall–Kier alpha value is -3.55. The smallest absolute Gasteiger partial charge is 0.243 e. The number of rotatable bonds is 7. The fraction of sp³-hybridized carbons (Fsp3) is 0.318. The number of nitrogens with zero attached hydrogens (tertiary/aromatic N) is 1. The molecule has 2 amide bonds. The third kappa shape index (κ3) is 5.08. The van der Waals surface area contributed by atoms with Gasteiger partial charge in [-0.2, -0.15) is 0 Å². The third-order valence-electron chi connectivity index (χ3n) is 5.04. The summed E-state index contributed by atoms with van der Waals surface area (Å²) in [5, 5.41) is 10.4. The van der Waals surface area contributed by atoms with E-state index in [1.165, 1.54) is 11.8 Å². The Morgan fingerprint density at radius 2 is 1.93 bits per heavy atom. The average molecular weight is 410 g/mol. The molecule has 0 saturated carbocycles. The molecule has 0 spiro atoms. The number of nitrogens with two attached hydrogens (primary N) is 1. The van der Waals surface area contributed by atoms with E-state index < -0.39 is 6.04 Å². The highest BCUT2D eigenvalue weighted by Gasteiger charge is 2.39. The Labute approximate surface area is 175 Å². The minimum absolute atomic E-state index is 0.0481. The predicted octanol–water partition coefficient (Wildman–Crippen LogP) is 1.66. The van der Waals surface area contributed by atoms with Gasteiger partial charge in [-0.25, -0.2) is 0 Å². The largest absolute Gasteiger partial charge is 0.497 e. The Balaban J connectivity index is 1.63. The van der Waals surface area contributed by atoms with Crippen LogP contribution in [0.15, 0.2) is 48.5 Å². The molecular formula is C22H26N4O4. The topological polar surface area (TPSA) is 118 Å². The molecule has 1 saturated heterocycles. The first-order valence-corrected chi connectivity index (χ1v) is 9.66. The second kappa shape index (κ2) is 9.30. The SMILES string of the molecule is COc1ccc(CNC(=O)C2CC(Oc3cccc(C(=N)N)c3)CN2C(C)=O)cc1. The van der Waals surface area contributed by atoms with Crippen LogP contribution in [0.4, 0.5) is 0 Å². The number of benzene rings is 2. The van der Waals surface area contributed by atoms with Gasteiger partial charge in [-0.1, -0.05) is 24.3 Å². The van der Waals surface area contributed by atoms with Gasteiger partial charge in [-0.3, -0.25) is 15.0 Å². The maximum Gasteiger partial charge on any atom is 0.243 e. The summed E-state index contributed by atoms with van der Waals surface area (Å²) < 4.78 is 11.1. The molecule has 0 radical (unpaired) electrons. The van der Waals surface area contributed by atoms with Crippen LogP contribution in [0.2, 0.25) is 0 Å². The van der Waals surface area contributed by atoms with Crippen LogP contribution in [0, 0.1) is 5.41 Å². The van der Waals surface area contributed by atoms with Crippen molar-refractivity contribution in [2.45, 2.75) is 32.0 Å². The number of hydrogen-bond acceptors (Lipinski definition) is 5. The summed E-state index contributed by atoms with van der Waals surface area (Å²) in [5.41, 5.74) is 7.02. The molecule has 158 valence electrons. The van der Waals surface area contributed by atoms with Gasteiger partial charge in [0.15, 0.2) is 0 Å². The molecule has 1 heterocycles. The van der Waals surface area contributed by atoms with Gasteiger partial charge < -0.3 is 25.4 Å². The molecule has 3 rings (SSSR count). The number of amidine groups is 1. The van der Waals surface area contributed by atoms with Crippen molar-refractivity contribution >= 4 is 17.6 Å². The molecule has 1 aliphatic heterocycles. The van der Waals surface area contributed by atoms with E-state index in [1.807, 2.05) is 24.3 Å². The Kier molecular flexibility index (Phi) is 6.56. The molecule has 1 aliphatic rings. The van der Waals surface area contributed by atoms with E-state index >= 15 is 0 Å². The summed E-state index contributed by atoms with van der Waals surface area (Å²) in [7, 11) is 1.60. The second-order valence-corrected chi connectivity index (χ2v) is 7.17. The van der Waals surface area contributed by atoms with Gasteiger partial charge >= 0.3 is 0 Å². The summed E-state index contributed by atoms with van der Waals surface area (Å²) in [5.74, 6) is 0.855. The highest BCUT2D eigenvalue weighted by molar-refractivity contribution is 5.95. The first kappa shape index (κ1) is 21.2. The van der Waals surface area contributed by atoms with Crippen molar-refractivity contribution in [1.82, 2.24) is 10.2 Å². The number of amides is 2. The predicted molar refractivity (Wildman–Crippen MR) is 113 cm³/mol. The van der Waals surface area contributed by atoms with Crippen LogP contribution >= 0.6 is 0 Å². The molecule has 1 fully saturated rings. The maximum absolute atomic E-state index is 12.8. The van der Waals surface area contributed by atoms with Crippen LogP contribution in [-0.4, -0.2) is 48.4 Å². The van der Waals surface area contributed by atoms with Crippen LogP contribution in [0.3, 0.4) is 0 Å². The summed E-state index contributed by atoms with van der Waals surface area (Å²) in [6.45, 7) is 2.13. The van der Waals surface area contributed by atoms with Crippen molar-refractivity contribution in [3.8, 4) is 11.5 Å². The highest BCUT2D eigenvalue weighted by atomic mass is 16.5. The monoisotopic (exact) mass is 410 g/mol. The fourth-order valence-electron chi connectivity index (χ4n) is 3.46. The van der Waals surface area contributed by atoms with Crippen molar-refractivity contribution < 1.29 is 19.1 Å². The third-order valence-corrected chi connectivity index (χ3v) is 5.04. The van der Waals surface area contributed by atoms with E-state index in [2.05, 4.69) is 5.32 Å². The van der Waals surface area contributed by atoms with Crippen LogP contribution in [0.1, 0.15) is 24.5 Å². The van der Waals surface area contributed by atoms with Crippen molar-refractivity contribution in [2.75, 3.05) is 13.7 Å². The molecule has 8 heteroatoms. The van der Waals surface area contributed by atoms with E-state index in [0.717, 1.165) is 11.3 Å². The second-order valence-electron chi connectivity index (χ2n) is 7.17. The summed E-state index contributed by atoms with van der Waals surface area (Å²) in [6.07, 6.45) is 0.0612. The number of nitrogens with one attached hydrogen (secondary N) is 2. The van der Waals surface area contributed by atoms with Gasteiger partial charge in [0.1, 0.15) is 29.5 Å². The van der Waals surface area contributed by atoms with E-state index in [9.17, 15) is 9.59 Å². The fourth-order valence-corrected chi connectivity index (χ4v) is 3.46. The van der Waals surface area contributed by atoms with Crippen LogP contribution < -0.4 is 20.5 Å². The molecule has 4 N–H and O–H groups in total. The van der Waals surface area contributed by atoms with Gasteiger partial charge in [-0.05, 0) is 29.8 Å². The minimum atomic E-state index is -0.596. The molecule has 2 aromatic carbocycles. The number of likely N-dealkylation sites (tertiary alicyclic amines) is 1.